The van der Waals surface area contributed by atoms with Crippen molar-refractivity contribution in [3.05, 3.63) is 65.8 Å². The Hall–Kier alpha value is -2.20. The molecule has 0 aliphatic rings. The van der Waals surface area contributed by atoms with Crippen LogP contribution in [0.3, 0.4) is 0 Å². The molecule has 0 saturated heterocycles. The second-order valence-corrected chi connectivity index (χ2v) is 4.68. The molecular formula is C16H15FN2O. The third-order valence-corrected chi connectivity index (χ3v) is 3.32. The topological polar surface area (TPSA) is 38.1 Å². The first-order valence-electron chi connectivity index (χ1n) is 6.53. The average Bonchev–Trinajstić information content (AvgIpc) is 2.87. The van der Waals surface area contributed by atoms with Gasteiger partial charge in [-0.15, -0.1) is 0 Å². The number of nitrogens with one attached hydrogen (secondary N) is 1. The van der Waals surface area contributed by atoms with Gasteiger partial charge in [0.1, 0.15) is 11.3 Å². The number of rotatable bonds is 4. The van der Waals surface area contributed by atoms with Gasteiger partial charge in [0, 0.05) is 12.5 Å². The Morgan fingerprint density at radius 1 is 1.20 bits per heavy atom. The van der Waals surface area contributed by atoms with E-state index in [4.69, 9.17) is 4.42 Å². The lowest BCUT2D eigenvalue weighted by atomic mass is 10.0. The number of aromatic nitrogens is 1. The zero-order valence-electron chi connectivity index (χ0n) is 11.1. The zero-order chi connectivity index (χ0) is 13.9. The van der Waals surface area contributed by atoms with Crippen LogP contribution in [0, 0.1) is 5.82 Å². The fourth-order valence-corrected chi connectivity index (χ4v) is 2.29. The van der Waals surface area contributed by atoms with Gasteiger partial charge in [-0.1, -0.05) is 24.3 Å². The summed E-state index contributed by atoms with van der Waals surface area (Å²) in [7, 11) is 1.85. The van der Waals surface area contributed by atoms with E-state index < -0.39 is 0 Å². The standard InChI is InChI=1S/C16H15FN2O/c1-18-14(11-5-4-6-12(17)9-11)10-16-19-13-7-2-3-8-15(13)20-16/h2-9,14,18H,10H2,1H3. The predicted octanol–water partition coefficient (Wildman–Crippen LogP) is 3.47. The first-order valence-corrected chi connectivity index (χ1v) is 6.53. The second kappa shape index (κ2) is 5.43. The summed E-state index contributed by atoms with van der Waals surface area (Å²) in [5.74, 6) is 0.412. The minimum atomic E-state index is -0.236. The second-order valence-electron chi connectivity index (χ2n) is 4.68. The third-order valence-electron chi connectivity index (χ3n) is 3.32. The highest BCUT2D eigenvalue weighted by atomic mass is 19.1. The Balaban J connectivity index is 1.87. The summed E-state index contributed by atoms with van der Waals surface area (Å²) in [6.07, 6.45) is 0.578. The number of halogens is 1. The van der Waals surface area contributed by atoms with Gasteiger partial charge >= 0.3 is 0 Å². The van der Waals surface area contributed by atoms with Crippen LogP contribution in [0.5, 0.6) is 0 Å². The molecule has 3 aromatic rings. The van der Waals surface area contributed by atoms with E-state index >= 15 is 0 Å². The molecule has 0 aliphatic heterocycles. The summed E-state index contributed by atoms with van der Waals surface area (Å²) in [6, 6.07) is 14.2. The van der Waals surface area contributed by atoms with E-state index in [9.17, 15) is 4.39 Å². The van der Waals surface area contributed by atoms with Crippen molar-refractivity contribution < 1.29 is 8.81 Å². The highest BCUT2D eigenvalue weighted by Gasteiger charge is 2.14. The number of hydrogen-bond acceptors (Lipinski definition) is 3. The van der Waals surface area contributed by atoms with Gasteiger partial charge in [0.2, 0.25) is 0 Å². The van der Waals surface area contributed by atoms with Gasteiger partial charge in [0.15, 0.2) is 11.5 Å². The van der Waals surface area contributed by atoms with Crippen LogP contribution in [0.15, 0.2) is 52.9 Å². The Morgan fingerprint density at radius 3 is 2.80 bits per heavy atom. The number of likely N-dealkylation sites (N-methyl/N-ethyl adjacent to an activating group) is 1. The van der Waals surface area contributed by atoms with Crippen LogP contribution in [-0.2, 0) is 6.42 Å². The van der Waals surface area contributed by atoms with Crippen molar-refractivity contribution in [1.29, 1.82) is 0 Å². The van der Waals surface area contributed by atoms with Crippen molar-refractivity contribution >= 4 is 11.1 Å². The van der Waals surface area contributed by atoms with Crippen LogP contribution in [-0.4, -0.2) is 12.0 Å². The van der Waals surface area contributed by atoms with E-state index in [0.717, 1.165) is 16.7 Å². The summed E-state index contributed by atoms with van der Waals surface area (Å²) in [4.78, 5) is 4.45. The van der Waals surface area contributed by atoms with Gasteiger partial charge in [-0.2, -0.15) is 0 Å². The molecule has 20 heavy (non-hydrogen) atoms. The third kappa shape index (κ3) is 2.56. The molecule has 0 bridgehead atoms. The van der Waals surface area contributed by atoms with Gasteiger partial charge in [-0.25, -0.2) is 9.37 Å². The molecule has 0 radical (unpaired) electrons. The Bertz CT molecular complexity index is 690. The molecule has 0 amide bonds. The lowest BCUT2D eigenvalue weighted by molar-refractivity contribution is 0.472. The van der Waals surface area contributed by atoms with Crippen molar-refractivity contribution in [2.75, 3.05) is 7.05 Å². The summed E-state index contributed by atoms with van der Waals surface area (Å²) in [5, 5.41) is 3.17. The van der Waals surface area contributed by atoms with E-state index in [1.165, 1.54) is 12.1 Å². The molecule has 0 spiro atoms. The maximum atomic E-state index is 13.3. The highest BCUT2D eigenvalue weighted by molar-refractivity contribution is 5.72. The summed E-state index contributed by atoms with van der Waals surface area (Å²) < 4.78 is 19.0. The van der Waals surface area contributed by atoms with Gasteiger partial charge in [0.05, 0.1) is 0 Å². The van der Waals surface area contributed by atoms with Crippen LogP contribution in [0.25, 0.3) is 11.1 Å². The summed E-state index contributed by atoms with van der Waals surface area (Å²) in [5.41, 5.74) is 2.50. The summed E-state index contributed by atoms with van der Waals surface area (Å²) in [6.45, 7) is 0. The van der Waals surface area contributed by atoms with Crippen LogP contribution < -0.4 is 5.32 Å². The van der Waals surface area contributed by atoms with Crippen molar-refractivity contribution in [3.63, 3.8) is 0 Å². The lowest BCUT2D eigenvalue weighted by Gasteiger charge is -2.14. The van der Waals surface area contributed by atoms with Gasteiger partial charge in [-0.05, 0) is 36.9 Å². The Kier molecular flexibility index (Phi) is 3.48. The lowest BCUT2D eigenvalue weighted by Crippen LogP contribution is -2.19. The molecule has 3 rings (SSSR count). The fraction of sp³-hybridized carbons (Fsp3) is 0.188. The van der Waals surface area contributed by atoms with E-state index in [1.807, 2.05) is 37.4 Å². The largest absolute Gasteiger partial charge is 0.441 e. The van der Waals surface area contributed by atoms with Gasteiger partial charge in [-0.3, -0.25) is 0 Å². The van der Waals surface area contributed by atoms with E-state index in [1.54, 1.807) is 6.07 Å². The van der Waals surface area contributed by atoms with Crippen LogP contribution in [0.4, 0.5) is 4.39 Å². The van der Waals surface area contributed by atoms with Crippen LogP contribution in [0.1, 0.15) is 17.5 Å². The number of hydrogen-bond donors (Lipinski definition) is 1. The molecule has 1 heterocycles. The Labute approximate surface area is 116 Å². The number of oxazole rings is 1. The quantitative estimate of drug-likeness (QED) is 0.789. The van der Waals surface area contributed by atoms with Crippen LogP contribution in [0.2, 0.25) is 0 Å². The summed E-state index contributed by atoms with van der Waals surface area (Å²) >= 11 is 0. The van der Waals surface area contributed by atoms with Crippen molar-refractivity contribution in [2.45, 2.75) is 12.5 Å². The molecule has 1 N–H and O–H groups in total. The monoisotopic (exact) mass is 270 g/mol. The average molecular weight is 270 g/mol. The molecular weight excluding hydrogens is 255 g/mol. The molecule has 102 valence electrons. The molecule has 1 atom stereocenters. The zero-order valence-corrected chi connectivity index (χ0v) is 11.1. The Morgan fingerprint density at radius 2 is 2.05 bits per heavy atom. The number of benzene rings is 2. The van der Waals surface area contributed by atoms with E-state index in [0.29, 0.717) is 12.3 Å². The van der Waals surface area contributed by atoms with Crippen molar-refractivity contribution in [3.8, 4) is 0 Å². The smallest absolute Gasteiger partial charge is 0.197 e. The van der Waals surface area contributed by atoms with E-state index in [2.05, 4.69) is 10.3 Å². The molecule has 3 nitrogen and oxygen atoms in total. The highest BCUT2D eigenvalue weighted by Crippen LogP contribution is 2.21. The first kappa shape index (κ1) is 12.8. The SMILES string of the molecule is CNC(Cc1nc2ccccc2o1)c1cccc(F)c1. The minimum absolute atomic E-state index is 0.0289. The molecule has 0 saturated carbocycles. The number of nitrogens with zero attached hydrogens (tertiary/aromatic N) is 1. The predicted molar refractivity (Wildman–Crippen MR) is 75.9 cm³/mol. The van der Waals surface area contributed by atoms with E-state index in [-0.39, 0.29) is 11.9 Å². The molecule has 4 heteroatoms. The van der Waals surface area contributed by atoms with Crippen molar-refractivity contribution in [1.82, 2.24) is 10.3 Å². The first-order chi connectivity index (χ1) is 9.76. The maximum Gasteiger partial charge on any atom is 0.197 e. The molecule has 0 fully saturated rings. The maximum absolute atomic E-state index is 13.3. The van der Waals surface area contributed by atoms with Crippen molar-refractivity contribution in [2.24, 2.45) is 0 Å². The molecule has 2 aromatic carbocycles. The van der Waals surface area contributed by atoms with Gasteiger partial charge < -0.3 is 9.73 Å². The molecule has 1 aromatic heterocycles. The molecule has 1 unspecified atom stereocenters. The molecule has 0 aliphatic carbocycles. The fourth-order valence-electron chi connectivity index (χ4n) is 2.29. The minimum Gasteiger partial charge on any atom is -0.441 e. The van der Waals surface area contributed by atoms with Gasteiger partial charge in [0.25, 0.3) is 0 Å². The number of para-hydroxylation sites is 2. The van der Waals surface area contributed by atoms with Crippen LogP contribution >= 0.6 is 0 Å². The normalized spacial score (nSPS) is 12.7. The number of fused-ring (bicyclic) bond motifs is 1.